The molecule has 1 unspecified atom stereocenters. The summed E-state index contributed by atoms with van der Waals surface area (Å²) in [7, 11) is 2.05. The van der Waals surface area contributed by atoms with Gasteiger partial charge < -0.3 is 5.73 Å². The summed E-state index contributed by atoms with van der Waals surface area (Å²) in [5.74, 6) is 0.441. The lowest BCUT2D eigenvalue weighted by atomic mass is 10.0. The van der Waals surface area contributed by atoms with Gasteiger partial charge in [-0.2, -0.15) is 0 Å². The second-order valence-electron chi connectivity index (χ2n) is 5.24. The summed E-state index contributed by atoms with van der Waals surface area (Å²) in [6.07, 6.45) is 1.13. The van der Waals surface area contributed by atoms with Gasteiger partial charge in [0.1, 0.15) is 5.82 Å². The van der Waals surface area contributed by atoms with E-state index in [9.17, 15) is 4.39 Å². The maximum Gasteiger partial charge on any atom is 0.123 e. The second-order valence-corrected chi connectivity index (χ2v) is 5.24. The molecule has 0 amide bonds. The summed E-state index contributed by atoms with van der Waals surface area (Å²) in [4.78, 5) is 2.21. The average Bonchev–Trinajstić information content (AvgIpc) is 2.22. The zero-order valence-electron chi connectivity index (χ0n) is 11.2. The number of benzene rings is 1. The van der Waals surface area contributed by atoms with Crippen LogP contribution >= 0.6 is 0 Å². The number of hydrogen-bond donors (Lipinski definition) is 1. The van der Waals surface area contributed by atoms with Crippen LogP contribution in [0.15, 0.2) is 18.2 Å². The largest absolute Gasteiger partial charge is 0.398 e. The van der Waals surface area contributed by atoms with Gasteiger partial charge in [0.15, 0.2) is 0 Å². The van der Waals surface area contributed by atoms with E-state index in [4.69, 9.17) is 5.73 Å². The SMILES string of the molecule is CC(C)CC(C)N(C)Cc1cc(F)ccc1N. The maximum absolute atomic E-state index is 13.1. The van der Waals surface area contributed by atoms with Gasteiger partial charge in [0.05, 0.1) is 0 Å². The molecule has 17 heavy (non-hydrogen) atoms. The summed E-state index contributed by atoms with van der Waals surface area (Å²) in [6.45, 7) is 7.30. The van der Waals surface area contributed by atoms with Crippen LogP contribution in [-0.4, -0.2) is 18.0 Å². The third-order valence-corrected chi connectivity index (χ3v) is 3.09. The van der Waals surface area contributed by atoms with Crippen molar-refractivity contribution in [1.29, 1.82) is 0 Å². The van der Waals surface area contributed by atoms with Crippen molar-refractivity contribution in [3.05, 3.63) is 29.6 Å². The van der Waals surface area contributed by atoms with Crippen LogP contribution in [-0.2, 0) is 6.54 Å². The molecule has 0 aromatic heterocycles. The first-order valence-corrected chi connectivity index (χ1v) is 6.14. The first-order chi connectivity index (χ1) is 7.90. The van der Waals surface area contributed by atoms with E-state index in [0.717, 1.165) is 12.0 Å². The standard InChI is InChI=1S/C14H23FN2/c1-10(2)7-11(3)17(4)9-12-8-13(15)5-6-14(12)16/h5-6,8,10-11H,7,9,16H2,1-4H3. The quantitative estimate of drug-likeness (QED) is 0.798. The fourth-order valence-electron chi connectivity index (χ4n) is 2.00. The smallest absolute Gasteiger partial charge is 0.123 e. The van der Waals surface area contributed by atoms with Crippen molar-refractivity contribution in [2.24, 2.45) is 5.92 Å². The van der Waals surface area contributed by atoms with Crippen LogP contribution in [0.1, 0.15) is 32.8 Å². The van der Waals surface area contributed by atoms with Crippen LogP contribution < -0.4 is 5.73 Å². The molecule has 0 aliphatic heterocycles. The third kappa shape index (κ3) is 4.35. The Morgan fingerprint density at radius 1 is 1.29 bits per heavy atom. The highest BCUT2D eigenvalue weighted by atomic mass is 19.1. The molecule has 0 saturated heterocycles. The molecule has 0 saturated carbocycles. The van der Waals surface area contributed by atoms with Crippen molar-refractivity contribution in [3.63, 3.8) is 0 Å². The Balaban J connectivity index is 2.67. The van der Waals surface area contributed by atoms with Gasteiger partial charge >= 0.3 is 0 Å². The molecule has 1 aromatic rings. The number of nitrogens with zero attached hydrogens (tertiary/aromatic N) is 1. The van der Waals surface area contributed by atoms with Gasteiger partial charge in [-0.25, -0.2) is 4.39 Å². The van der Waals surface area contributed by atoms with Crippen molar-refractivity contribution in [1.82, 2.24) is 4.90 Å². The van der Waals surface area contributed by atoms with E-state index in [-0.39, 0.29) is 5.82 Å². The summed E-state index contributed by atoms with van der Waals surface area (Å²) in [5.41, 5.74) is 7.37. The second kappa shape index (κ2) is 6.01. The Morgan fingerprint density at radius 2 is 1.94 bits per heavy atom. The number of rotatable bonds is 5. The van der Waals surface area contributed by atoms with E-state index < -0.39 is 0 Å². The molecule has 0 spiro atoms. The van der Waals surface area contributed by atoms with Gasteiger partial charge in [-0.3, -0.25) is 4.90 Å². The topological polar surface area (TPSA) is 29.3 Å². The van der Waals surface area contributed by atoms with Gasteiger partial charge in [-0.05, 0) is 50.1 Å². The Labute approximate surface area is 104 Å². The zero-order chi connectivity index (χ0) is 13.0. The van der Waals surface area contributed by atoms with E-state index >= 15 is 0 Å². The molecule has 0 fully saturated rings. The van der Waals surface area contributed by atoms with E-state index in [2.05, 4.69) is 32.7 Å². The lowest BCUT2D eigenvalue weighted by molar-refractivity contribution is 0.221. The normalized spacial score (nSPS) is 13.4. The first kappa shape index (κ1) is 14.0. The minimum atomic E-state index is -0.223. The van der Waals surface area contributed by atoms with E-state index in [1.165, 1.54) is 12.1 Å². The van der Waals surface area contributed by atoms with E-state index in [1.807, 2.05) is 0 Å². The lowest BCUT2D eigenvalue weighted by Crippen LogP contribution is -2.30. The third-order valence-electron chi connectivity index (χ3n) is 3.09. The molecule has 96 valence electrons. The highest BCUT2D eigenvalue weighted by Crippen LogP contribution is 2.18. The molecule has 2 nitrogen and oxygen atoms in total. The predicted octanol–water partition coefficient (Wildman–Crippen LogP) is 3.27. The van der Waals surface area contributed by atoms with Crippen LogP contribution in [0.4, 0.5) is 10.1 Å². The highest BCUT2D eigenvalue weighted by Gasteiger charge is 2.12. The summed E-state index contributed by atoms with van der Waals surface area (Å²) in [5, 5.41) is 0. The number of halogens is 1. The molecule has 1 aromatic carbocycles. The van der Waals surface area contributed by atoms with Gasteiger partial charge in [0.25, 0.3) is 0 Å². The Bertz CT molecular complexity index is 363. The molecule has 2 N–H and O–H groups in total. The average molecular weight is 238 g/mol. The Hall–Kier alpha value is -1.09. The summed E-state index contributed by atoms with van der Waals surface area (Å²) in [6, 6.07) is 5.02. The van der Waals surface area contributed by atoms with Gasteiger partial charge in [0.2, 0.25) is 0 Å². The summed E-state index contributed by atoms with van der Waals surface area (Å²) < 4.78 is 13.1. The number of anilines is 1. The fourth-order valence-corrected chi connectivity index (χ4v) is 2.00. The Morgan fingerprint density at radius 3 is 2.53 bits per heavy atom. The molecule has 3 heteroatoms. The van der Waals surface area contributed by atoms with Crippen molar-refractivity contribution in [2.45, 2.75) is 39.8 Å². The van der Waals surface area contributed by atoms with Crippen molar-refractivity contribution >= 4 is 5.69 Å². The van der Waals surface area contributed by atoms with Crippen molar-refractivity contribution in [3.8, 4) is 0 Å². The predicted molar refractivity (Wildman–Crippen MR) is 71.2 cm³/mol. The van der Waals surface area contributed by atoms with Crippen LogP contribution in [0.25, 0.3) is 0 Å². The molecule has 0 heterocycles. The molecule has 0 aliphatic rings. The molecular formula is C14H23FN2. The number of nitrogen functional groups attached to an aromatic ring is 1. The number of hydrogen-bond acceptors (Lipinski definition) is 2. The van der Waals surface area contributed by atoms with Crippen LogP contribution in [0.2, 0.25) is 0 Å². The van der Waals surface area contributed by atoms with Crippen LogP contribution in [0.3, 0.4) is 0 Å². The fraction of sp³-hybridized carbons (Fsp3) is 0.571. The van der Waals surface area contributed by atoms with Crippen molar-refractivity contribution < 1.29 is 4.39 Å². The molecule has 0 bridgehead atoms. The minimum absolute atomic E-state index is 0.223. The molecular weight excluding hydrogens is 215 g/mol. The highest BCUT2D eigenvalue weighted by molar-refractivity contribution is 5.46. The lowest BCUT2D eigenvalue weighted by Gasteiger charge is -2.26. The summed E-state index contributed by atoms with van der Waals surface area (Å²) >= 11 is 0. The number of nitrogens with two attached hydrogens (primary N) is 1. The molecule has 0 radical (unpaired) electrons. The van der Waals surface area contributed by atoms with Gasteiger partial charge in [0, 0.05) is 18.3 Å². The van der Waals surface area contributed by atoms with Gasteiger partial charge in [-0.15, -0.1) is 0 Å². The monoisotopic (exact) mass is 238 g/mol. The minimum Gasteiger partial charge on any atom is -0.398 e. The first-order valence-electron chi connectivity index (χ1n) is 6.14. The van der Waals surface area contributed by atoms with Crippen molar-refractivity contribution in [2.75, 3.05) is 12.8 Å². The molecule has 0 aliphatic carbocycles. The van der Waals surface area contributed by atoms with Crippen LogP contribution in [0, 0.1) is 11.7 Å². The van der Waals surface area contributed by atoms with E-state index in [1.54, 1.807) is 6.07 Å². The van der Waals surface area contributed by atoms with Gasteiger partial charge in [-0.1, -0.05) is 13.8 Å². The molecule has 1 rings (SSSR count). The maximum atomic E-state index is 13.1. The van der Waals surface area contributed by atoms with E-state index in [0.29, 0.717) is 24.2 Å². The zero-order valence-corrected chi connectivity index (χ0v) is 11.2. The van der Waals surface area contributed by atoms with Crippen LogP contribution in [0.5, 0.6) is 0 Å². The Kier molecular flexibility index (Phi) is 4.94. The molecule has 1 atom stereocenters.